The molecule has 4 nitrogen and oxygen atoms in total. The van der Waals surface area contributed by atoms with Crippen LogP contribution in [0.2, 0.25) is 0 Å². The van der Waals surface area contributed by atoms with E-state index >= 15 is 0 Å². The maximum atomic E-state index is 5.68. The fourth-order valence-electron chi connectivity index (χ4n) is 2.40. The summed E-state index contributed by atoms with van der Waals surface area (Å²) < 4.78 is 0. The van der Waals surface area contributed by atoms with Crippen molar-refractivity contribution in [1.82, 2.24) is 15.0 Å². The van der Waals surface area contributed by atoms with Crippen molar-refractivity contribution < 1.29 is 0 Å². The molecule has 0 aliphatic carbocycles. The number of nitrogens with zero attached hydrogens (tertiary/aromatic N) is 3. The van der Waals surface area contributed by atoms with E-state index in [0.29, 0.717) is 0 Å². The number of nitrogens with two attached hydrogens (primary N) is 1. The van der Waals surface area contributed by atoms with Crippen molar-refractivity contribution in [3.05, 3.63) is 48.0 Å². The van der Waals surface area contributed by atoms with Gasteiger partial charge in [-0.05, 0) is 18.4 Å². The highest BCUT2D eigenvalue weighted by atomic mass is 15.1. The molecule has 1 aromatic carbocycles. The van der Waals surface area contributed by atoms with Crippen LogP contribution in [0.25, 0.3) is 0 Å². The first-order valence-electron chi connectivity index (χ1n) is 6.23. The molecule has 4 heteroatoms. The van der Waals surface area contributed by atoms with Crippen molar-refractivity contribution in [2.45, 2.75) is 32.1 Å². The number of benzene rings is 1. The zero-order valence-corrected chi connectivity index (χ0v) is 10.8. The van der Waals surface area contributed by atoms with E-state index in [1.807, 2.05) is 18.2 Å². The lowest BCUT2D eigenvalue weighted by molar-refractivity contribution is 0.448. The Bertz CT molecular complexity index is 506. The molecule has 0 aliphatic rings. The Morgan fingerprint density at radius 1 is 1.06 bits per heavy atom. The lowest BCUT2D eigenvalue weighted by atomic mass is 9.75. The Morgan fingerprint density at radius 3 is 2.28 bits per heavy atom. The van der Waals surface area contributed by atoms with Gasteiger partial charge in [-0.1, -0.05) is 44.2 Å². The van der Waals surface area contributed by atoms with Crippen LogP contribution in [-0.2, 0) is 5.41 Å². The average molecular weight is 242 g/mol. The molecule has 2 aromatic rings. The number of rotatable bonds is 4. The van der Waals surface area contributed by atoms with Crippen molar-refractivity contribution in [3.63, 3.8) is 0 Å². The minimum absolute atomic E-state index is 0.182. The van der Waals surface area contributed by atoms with E-state index < -0.39 is 0 Å². The highest BCUT2D eigenvalue weighted by Gasteiger charge is 2.33. The van der Waals surface area contributed by atoms with Gasteiger partial charge in [0.1, 0.15) is 12.2 Å². The summed E-state index contributed by atoms with van der Waals surface area (Å²) in [6.07, 6.45) is 3.34. The van der Waals surface area contributed by atoms with E-state index in [0.717, 1.165) is 18.7 Å². The third-order valence-electron chi connectivity index (χ3n) is 3.55. The summed E-state index contributed by atoms with van der Waals surface area (Å²) in [5.41, 5.74) is 6.72. The lowest BCUT2D eigenvalue weighted by Gasteiger charge is -2.30. The molecule has 18 heavy (non-hydrogen) atoms. The van der Waals surface area contributed by atoms with E-state index in [1.165, 1.54) is 11.9 Å². The molecule has 2 rings (SSSR count). The quantitative estimate of drug-likeness (QED) is 0.894. The average Bonchev–Trinajstić information content (AvgIpc) is 2.42. The van der Waals surface area contributed by atoms with E-state index in [2.05, 4.69) is 40.9 Å². The smallest absolute Gasteiger partial charge is 0.223 e. The first-order valence-corrected chi connectivity index (χ1v) is 6.23. The summed E-state index contributed by atoms with van der Waals surface area (Å²) in [6.45, 7) is 4.30. The van der Waals surface area contributed by atoms with E-state index in [1.54, 1.807) is 0 Å². The predicted octanol–water partition coefficient (Wildman–Crippen LogP) is 2.56. The standard InChI is InChI=1S/C14H18N4/c1-3-14(4-2,11-8-6-5-7-9-11)12-16-10-17-13(15)18-12/h5-10H,3-4H2,1-2H3,(H2,15,16,17,18). The molecule has 94 valence electrons. The van der Waals surface area contributed by atoms with Crippen molar-refractivity contribution >= 4 is 5.95 Å². The second-order valence-corrected chi connectivity index (χ2v) is 4.32. The molecule has 0 radical (unpaired) electrons. The summed E-state index contributed by atoms with van der Waals surface area (Å²) in [5, 5.41) is 0. The second kappa shape index (κ2) is 5.12. The number of nitrogen functional groups attached to an aromatic ring is 1. The van der Waals surface area contributed by atoms with Crippen molar-refractivity contribution in [3.8, 4) is 0 Å². The number of hydrogen-bond acceptors (Lipinski definition) is 4. The van der Waals surface area contributed by atoms with Gasteiger partial charge in [0, 0.05) is 0 Å². The van der Waals surface area contributed by atoms with E-state index in [4.69, 9.17) is 5.73 Å². The molecule has 0 fully saturated rings. The van der Waals surface area contributed by atoms with Gasteiger partial charge in [-0.2, -0.15) is 4.98 Å². The Hall–Kier alpha value is -1.97. The molecule has 0 amide bonds. The number of anilines is 1. The van der Waals surface area contributed by atoms with Crippen LogP contribution in [0.3, 0.4) is 0 Å². The topological polar surface area (TPSA) is 64.7 Å². The van der Waals surface area contributed by atoms with Gasteiger partial charge in [0.25, 0.3) is 0 Å². The highest BCUT2D eigenvalue weighted by Crippen LogP contribution is 2.36. The minimum atomic E-state index is -0.182. The van der Waals surface area contributed by atoms with Crippen LogP contribution in [-0.4, -0.2) is 15.0 Å². The summed E-state index contributed by atoms with van der Waals surface area (Å²) in [7, 11) is 0. The molecule has 0 bridgehead atoms. The fourth-order valence-corrected chi connectivity index (χ4v) is 2.40. The Kier molecular flexibility index (Phi) is 3.55. The molecular weight excluding hydrogens is 224 g/mol. The highest BCUT2D eigenvalue weighted by molar-refractivity contribution is 5.33. The molecule has 1 heterocycles. The van der Waals surface area contributed by atoms with Gasteiger partial charge >= 0.3 is 0 Å². The van der Waals surface area contributed by atoms with Crippen LogP contribution in [0.5, 0.6) is 0 Å². The van der Waals surface area contributed by atoms with Crippen LogP contribution >= 0.6 is 0 Å². The van der Waals surface area contributed by atoms with E-state index in [9.17, 15) is 0 Å². The molecular formula is C14H18N4. The van der Waals surface area contributed by atoms with Crippen LogP contribution in [0.1, 0.15) is 38.1 Å². The molecule has 0 unspecified atom stereocenters. The third kappa shape index (κ3) is 2.06. The zero-order chi connectivity index (χ0) is 13.0. The fraction of sp³-hybridized carbons (Fsp3) is 0.357. The molecule has 0 aliphatic heterocycles. The molecule has 0 atom stereocenters. The van der Waals surface area contributed by atoms with Crippen molar-refractivity contribution in [1.29, 1.82) is 0 Å². The SMILES string of the molecule is CCC(CC)(c1ccccc1)c1ncnc(N)n1. The first-order chi connectivity index (χ1) is 8.73. The van der Waals surface area contributed by atoms with Gasteiger partial charge in [-0.3, -0.25) is 0 Å². The zero-order valence-electron chi connectivity index (χ0n) is 10.8. The largest absolute Gasteiger partial charge is 0.368 e. The summed E-state index contributed by atoms with van der Waals surface area (Å²) in [4.78, 5) is 12.5. The van der Waals surface area contributed by atoms with Gasteiger partial charge in [0.2, 0.25) is 5.95 Å². The van der Waals surface area contributed by atoms with Gasteiger partial charge in [-0.15, -0.1) is 0 Å². The van der Waals surface area contributed by atoms with Crippen LogP contribution < -0.4 is 5.73 Å². The third-order valence-corrected chi connectivity index (χ3v) is 3.55. The monoisotopic (exact) mass is 242 g/mol. The van der Waals surface area contributed by atoms with Gasteiger partial charge in [-0.25, -0.2) is 9.97 Å². The summed E-state index contributed by atoms with van der Waals surface area (Å²) >= 11 is 0. The van der Waals surface area contributed by atoms with Crippen LogP contribution in [0.15, 0.2) is 36.7 Å². The summed E-state index contributed by atoms with van der Waals surface area (Å²) in [6, 6.07) is 10.3. The molecule has 0 saturated heterocycles. The Morgan fingerprint density at radius 2 is 1.72 bits per heavy atom. The van der Waals surface area contributed by atoms with Crippen molar-refractivity contribution in [2.75, 3.05) is 5.73 Å². The maximum Gasteiger partial charge on any atom is 0.223 e. The maximum absolute atomic E-state index is 5.68. The molecule has 2 N–H and O–H groups in total. The van der Waals surface area contributed by atoms with Gasteiger partial charge in [0.05, 0.1) is 5.41 Å². The van der Waals surface area contributed by atoms with E-state index in [-0.39, 0.29) is 11.4 Å². The molecule has 1 aromatic heterocycles. The van der Waals surface area contributed by atoms with Crippen LogP contribution in [0.4, 0.5) is 5.95 Å². The second-order valence-electron chi connectivity index (χ2n) is 4.32. The minimum Gasteiger partial charge on any atom is -0.368 e. The Balaban J connectivity index is 2.57. The predicted molar refractivity (Wildman–Crippen MR) is 72.0 cm³/mol. The van der Waals surface area contributed by atoms with Crippen molar-refractivity contribution in [2.24, 2.45) is 0 Å². The lowest BCUT2D eigenvalue weighted by Crippen LogP contribution is -2.29. The molecule has 0 saturated carbocycles. The number of aromatic nitrogens is 3. The van der Waals surface area contributed by atoms with Crippen LogP contribution in [0, 0.1) is 0 Å². The first kappa shape index (κ1) is 12.5. The Labute approximate surface area is 107 Å². The van der Waals surface area contributed by atoms with Gasteiger partial charge in [0.15, 0.2) is 0 Å². The van der Waals surface area contributed by atoms with Gasteiger partial charge < -0.3 is 5.73 Å². The molecule has 0 spiro atoms. The number of hydrogen-bond donors (Lipinski definition) is 1. The summed E-state index contributed by atoms with van der Waals surface area (Å²) in [5.74, 6) is 1.04. The normalized spacial score (nSPS) is 11.4.